The van der Waals surface area contributed by atoms with Crippen molar-refractivity contribution in [2.45, 2.75) is 45.6 Å². The molecule has 0 unspecified atom stereocenters. The van der Waals surface area contributed by atoms with Gasteiger partial charge in [-0.2, -0.15) is 0 Å². The number of nitro groups is 1. The average molecular weight is 384 g/mol. The standard InChI is InChI=1S/C19H20N4O3S/c1-11-7-8-14(13(9-11)23(24)25)26-10-16-21-18(20)17-12-5-3-2-4-6-15(12)27-19(17)22-16/h7-9H,2-6,10H2,1H3,(H2,20,21,22). The first-order valence-electron chi connectivity index (χ1n) is 8.97. The maximum Gasteiger partial charge on any atom is 0.311 e. The lowest BCUT2D eigenvalue weighted by Crippen LogP contribution is -2.06. The third-order valence-corrected chi connectivity index (χ3v) is 5.99. The van der Waals surface area contributed by atoms with Crippen LogP contribution in [0.5, 0.6) is 5.75 Å². The van der Waals surface area contributed by atoms with Crippen LogP contribution in [0.1, 0.15) is 41.1 Å². The molecule has 1 aliphatic carbocycles. The lowest BCUT2D eigenvalue weighted by atomic mass is 10.1. The number of anilines is 1. The van der Waals surface area contributed by atoms with Crippen LogP contribution in [0.15, 0.2) is 18.2 Å². The van der Waals surface area contributed by atoms with Crippen molar-refractivity contribution in [3.05, 3.63) is 50.1 Å². The fourth-order valence-corrected chi connectivity index (χ4v) is 4.80. The van der Waals surface area contributed by atoms with E-state index in [0.29, 0.717) is 11.6 Å². The van der Waals surface area contributed by atoms with Crippen LogP contribution in [0.4, 0.5) is 11.5 Å². The third kappa shape index (κ3) is 3.44. The summed E-state index contributed by atoms with van der Waals surface area (Å²) in [6, 6.07) is 4.86. The lowest BCUT2D eigenvalue weighted by molar-refractivity contribution is -0.386. The Morgan fingerprint density at radius 3 is 2.89 bits per heavy atom. The predicted molar refractivity (Wildman–Crippen MR) is 105 cm³/mol. The molecule has 2 N–H and O–H groups in total. The Labute approximate surface area is 160 Å². The van der Waals surface area contributed by atoms with Gasteiger partial charge in [0.1, 0.15) is 17.3 Å². The molecule has 0 radical (unpaired) electrons. The third-order valence-electron chi connectivity index (χ3n) is 4.81. The van der Waals surface area contributed by atoms with Gasteiger partial charge < -0.3 is 10.5 Å². The van der Waals surface area contributed by atoms with Crippen LogP contribution >= 0.6 is 11.3 Å². The molecule has 0 bridgehead atoms. The predicted octanol–water partition coefficient (Wildman–Crippen LogP) is 4.34. The molecule has 1 aromatic carbocycles. The maximum atomic E-state index is 11.2. The van der Waals surface area contributed by atoms with E-state index in [-0.39, 0.29) is 18.0 Å². The number of thiophene rings is 1. The molecule has 8 heteroatoms. The van der Waals surface area contributed by atoms with E-state index in [1.54, 1.807) is 30.4 Å². The van der Waals surface area contributed by atoms with Gasteiger partial charge >= 0.3 is 5.69 Å². The summed E-state index contributed by atoms with van der Waals surface area (Å²) in [5.74, 6) is 1.11. The van der Waals surface area contributed by atoms with E-state index in [4.69, 9.17) is 10.5 Å². The van der Waals surface area contributed by atoms with E-state index in [1.165, 1.54) is 35.8 Å². The van der Waals surface area contributed by atoms with Gasteiger partial charge in [0.05, 0.1) is 10.3 Å². The minimum atomic E-state index is -0.447. The fraction of sp³-hybridized carbons (Fsp3) is 0.368. The van der Waals surface area contributed by atoms with E-state index >= 15 is 0 Å². The Morgan fingerprint density at radius 1 is 1.26 bits per heavy atom. The van der Waals surface area contributed by atoms with Crippen molar-refractivity contribution in [2.75, 3.05) is 5.73 Å². The second-order valence-corrected chi connectivity index (χ2v) is 7.87. The first-order chi connectivity index (χ1) is 13.0. The molecule has 4 rings (SSSR count). The van der Waals surface area contributed by atoms with E-state index in [0.717, 1.165) is 28.6 Å². The quantitative estimate of drug-likeness (QED) is 0.408. The number of fused-ring (bicyclic) bond motifs is 3. The Hall–Kier alpha value is -2.74. The highest BCUT2D eigenvalue weighted by molar-refractivity contribution is 7.19. The van der Waals surface area contributed by atoms with E-state index < -0.39 is 4.92 Å². The highest BCUT2D eigenvalue weighted by Gasteiger charge is 2.20. The van der Waals surface area contributed by atoms with Gasteiger partial charge in [0, 0.05) is 10.9 Å². The molecule has 2 heterocycles. The molecule has 2 aromatic heterocycles. The first-order valence-corrected chi connectivity index (χ1v) is 9.79. The Balaban J connectivity index is 1.63. The van der Waals surface area contributed by atoms with Crippen molar-refractivity contribution in [1.29, 1.82) is 0 Å². The van der Waals surface area contributed by atoms with Crippen LogP contribution in [0, 0.1) is 17.0 Å². The zero-order valence-corrected chi connectivity index (χ0v) is 15.8. The molecule has 140 valence electrons. The van der Waals surface area contributed by atoms with Gasteiger partial charge in [0.2, 0.25) is 0 Å². The zero-order valence-electron chi connectivity index (χ0n) is 15.0. The molecule has 0 saturated carbocycles. The van der Waals surface area contributed by atoms with E-state index in [9.17, 15) is 10.1 Å². The molecule has 0 spiro atoms. The van der Waals surface area contributed by atoms with Gasteiger partial charge in [-0.05, 0) is 49.8 Å². The van der Waals surface area contributed by atoms with Gasteiger partial charge in [-0.15, -0.1) is 11.3 Å². The number of hydrogen-bond acceptors (Lipinski definition) is 7. The van der Waals surface area contributed by atoms with Crippen molar-refractivity contribution in [2.24, 2.45) is 0 Å². The van der Waals surface area contributed by atoms with Crippen LogP contribution in [-0.2, 0) is 19.4 Å². The van der Waals surface area contributed by atoms with Crippen molar-refractivity contribution in [3.63, 3.8) is 0 Å². The summed E-state index contributed by atoms with van der Waals surface area (Å²) in [6.07, 6.45) is 5.69. The number of aryl methyl sites for hydroxylation is 3. The molecule has 27 heavy (non-hydrogen) atoms. The van der Waals surface area contributed by atoms with Crippen LogP contribution in [0.2, 0.25) is 0 Å². The molecule has 0 aliphatic heterocycles. The van der Waals surface area contributed by atoms with Gasteiger partial charge in [-0.1, -0.05) is 12.5 Å². The molecular formula is C19H20N4O3S. The summed E-state index contributed by atoms with van der Waals surface area (Å²) >= 11 is 1.68. The summed E-state index contributed by atoms with van der Waals surface area (Å²) in [5, 5.41) is 12.2. The number of benzene rings is 1. The summed E-state index contributed by atoms with van der Waals surface area (Å²) in [7, 11) is 0. The van der Waals surface area contributed by atoms with Crippen molar-refractivity contribution >= 4 is 33.1 Å². The van der Waals surface area contributed by atoms with Gasteiger partial charge in [-0.25, -0.2) is 9.97 Å². The Morgan fingerprint density at radius 2 is 2.07 bits per heavy atom. The van der Waals surface area contributed by atoms with Gasteiger partial charge in [-0.3, -0.25) is 10.1 Å². The lowest BCUT2D eigenvalue weighted by Gasteiger charge is -2.08. The molecule has 0 saturated heterocycles. The molecule has 0 fully saturated rings. The van der Waals surface area contributed by atoms with E-state index in [2.05, 4.69) is 9.97 Å². The molecular weight excluding hydrogens is 364 g/mol. The summed E-state index contributed by atoms with van der Waals surface area (Å²) in [5.41, 5.74) is 8.27. The van der Waals surface area contributed by atoms with Crippen LogP contribution in [-0.4, -0.2) is 14.9 Å². The molecule has 0 amide bonds. The average Bonchev–Trinajstić information content (AvgIpc) is 2.82. The SMILES string of the molecule is Cc1ccc(OCc2nc(N)c3c4c(sc3n2)CCCCC4)c([N+](=O)[O-])c1. The fourth-order valence-electron chi connectivity index (χ4n) is 3.51. The largest absolute Gasteiger partial charge is 0.479 e. The topological polar surface area (TPSA) is 104 Å². The highest BCUT2D eigenvalue weighted by Crippen LogP contribution is 2.37. The second kappa shape index (κ2) is 7.11. The van der Waals surface area contributed by atoms with Gasteiger partial charge in [0.25, 0.3) is 0 Å². The smallest absolute Gasteiger partial charge is 0.311 e. The van der Waals surface area contributed by atoms with Crippen molar-refractivity contribution in [3.8, 4) is 5.75 Å². The van der Waals surface area contributed by atoms with Crippen molar-refractivity contribution in [1.82, 2.24) is 9.97 Å². The number of nitro benzene ring substituents is 1. The van der Waals surface area contributed by atoms with Crippen LogP contribution < -0.4 is 10.5 Å². The minimum absolute atomic E-state index is 0.0343. The Bertz CT molecular complexity index is 1030. The molecule has 0 atom stereocenters. The number of nitrogens with two attached hydrogens (primary N) is 1. The number of ether oxygens (including phenoxy) is 1. The monoisotopic (exact) mass is 384 g/mol. The Kier molecular flexibility index (Phi) is 4.65. The second-order valence-electron chi connectivity index (χ2n) is 6.79. The molecule has 3 aromatic rings. The summed E-state index contributed by atoms with van der Waals surface area (Å²) in [6.45, 7) is 1.84. The summed E-state index contributed by atoms with van der Waals surface area (Å²) in [4.78, 5) is 22.0. The number of hydrogen-bond donors (Lipinski definition) is 1. The molecule has 7 nitrogen and oxygen atoms in total. The number of rotatable bonds is 4. The minimum Gasteiger partial charge on any atom is -0.479 e. The number of nitrogens with zero attached hydrogens (tertiary/aromatic N) is 3. The maximum absolute atomic E-state index is 11.2. The first kappa shape index (κ1) is 17.7. The van der Waals surface area contributed by atoms with Crippen LogP contribution in [0.25, 0.3) is 10.2 Å². The molecule has 1 aliphatic rings. The van der Waals surface area contributed by atoms with Crippen molar-refractivity contribution < 1.29 is 9.66 Å². The highest BCUT2D eigenvalue weighted by atomic mass is 32.1. The number of aromatic nitrogens is 2. The van der Waals surface area contributed by atoms with Crippen LogP contribution in [0.3, 0.4) is 0 Å². The summed E-state index contributed by atoms with van der Waals surface area (Å²) < 4.78 is 5.65. The van der Waals surface area contributed by atoms with E-state index in [1.807, 2.05) is 0 Å². The normalized spacial score (nSPS) is 14.0. The zero-order chi connectivity index (χ0) is 19.0. The number of nitrogen functional groups attached to an aromatic ring is 1. The van der Waals surface area contributed by atoms with Gasteiger partial charge in [0.15, 0.2) is 11.6 Å².